The third-order valence-electron chi connectivity index (χ3n) is 3.69. The molecule has 1 nitrogen and oxygen atoms in total. The van der Waals surface area contributed by atoms with E-state index >= 15 is 0 Å². The zero-order valence-electron chi connectivity index (χ0n) is 15.1. The van der Waals surface area contributed by atoms with Crippen LogP contribution in [0, 0.1) is 11.8 Å². The molecule has 0 spiro atoms. The summed E-state index contributed by atoms with van der Waals surface area (Å²) in [5.74, 6) is 6.46. The molecule has 0 amide bonds. The van der Waals surface area contributed by atoms with Gasteiger partial charge in [0, 0.05) is 24.7 Å². The zero-order valence-corrected chi connectivity index (χ0v) is 15.1. The molecule has 0 saturated carbocycles. The minimum Gasteiger partial charge on any atom is -0.293 e. The fourth-order valence-electron chi connectivity index (χ4n) is 2.36. The van der Waals surface area contributed by atoms with Gasteiger partial charge in [0.1, 0.15) is 0 Å². The molecule has 1 heteroatoms. The maximum atomic E-state index is 4.38. The van der Waals surface area contributed by atoms with Crippen LogP contribution in [0.2, 0.25) is 0 Å². The lowest BCUT2D eigenvalue weighted by Crippen LogP contribution is -1.81. The Hall–Kier alpha value is -2.85. The van der Waals surface area contributed by atoms with E-state index in [0.717, 1.165) is 24.9 Å². The lowest BCUT2D eigenvalue weighted by atomic mass is 10.0. The highest BCUT2D eigenvalue weighted by molar-refractivity contribution is 5.72. The maximum absolute atomic E-state index is 4.38. The van der Waals surface area contributed by atoms with Gasteiger partial charge in [-0.2, -0.15) is 0 Å². The smallest absolute Gasteiger partial charge is 0.0398 e. The van der Waals surface area contributed by atoms with Crippen LogP contribution in [0.5, 0.6) is 0 Å². The van der Waals surface area contributed by atoms with E-state index < -0.39 is 0 Å². The van der Waals surface area contributed by atoms with Gasteiger partial charge >= 0.3 is 0 Å². The summed E-state index contributed by atoms with van der Waals surface area (Å²) in [6.45, 7) is 4.91. The molecule has 0 bridgehead atoms. The van der Waals surface area contributed by atoms with Crippen molar-refractivity contribution in [3.63, 3.8) is 0 Å². The molecule has 2 aromatic rings. The Morgan fingerprint density at radius 1 is 1.00 bits per heavy atom. The Balaban J connectivity index is 1.76. The van der Waals surface area contributed by atoms with E-state index in [2.05, 4.69) is 78.4 Å². The van der Waals surface area contributed by atoms with Crippen LogP contribution >= 0.6 is 0 Å². The van der Waals surface area contributed by atoms with Crippen molar-refractivity contribution in [3.05, 3.63) is 84.0 Å². The van der Waals surface area contributed by atoms with E-state index in [0.29, 0.717) is 0 Å². The number of nitrogens with zero attached hydrogens (tertiary/aromatic N) is 1. The van der Waals surface area contributed by atoms with Crippen molar-refractivity contribution >= 4 is 6.21 Å². The Labute approximate surface area is 151 Å². The zero-order chi connectivity index (χ0) is 17.7. The summed E-state index contributed by atoms with van der Waals surface area (Å²) in [5, 5.41) is 0. The molecule has 25 heavy (non-hydrogen) atoms. The maximum Gasteiger partial charge on any atom is 0.0398 e. The van der Waals surface area contributed by atoms with Gasteiger partial charge in [-0.15, -0.1) is 0 Å². The van der Waals surface area contributed by atoms with Gasteiger partial charge in [-0.25, -0.2) is 0 Å². The van der Waals surface area contributed by atoms with Gasteiger partial charge in [0.15, 0.2) is 0 Å². The van der Waals surface area contributed by atoms with Crippen LogP contribution in [0.4, 0.5) is 0 Å². The van der Waals surface area contributed by atoms with Gasteiger partial charge < -0.3 is 0 Å². The molecule has 0 unspecified atom stereocenters. The molecule has 126 valence electrons. The second-order valence-corrected chi connectivity index (χ2v) is 5.81. The molecule has 0 aliphatic rings. The summed E-state index contributed by atoms with van der Waals surface area (Å²) in [7, 11) is 0. The van der Waals surface area contributed by atoms with Crippen LogP contribution in [-0.2, 0) is 0 Å². The molecule has 0 N–H and O–H groups in total. The first-order valence-corrected chi connectivity index (χ1v) is 8.73. The highest BCUT2D eigenvalue weighted by Crippen LogP contribution is 2.18. The summed E-state index contributed by atoms with van der Waals surface area (Å²) in [4.78, 5) is 4.38. The largest absolute Gasteiger partial charge is 0.293 e. The van der Waals surface area contributed by atoms with Gasteiger partial charge in [0.2, 0.25) is 0 Å². The van der Waals surface area contributed by atoms with Crippen LogP contribution < -0.4 is 0 Å². The number of hydrogen-bond acceptors (Lipinski definition) is 1. The average molecular weight is 327 g/mol. The summed E-state index contributed by atoms with van der Waals surface area (Å²) in [6, 6.07) is 18.8. The van der Waals surface area contributed by atoms with Gasteiger partial charge in [-0.05, 0) is 55.2 Å². The fourth-order valence-corrected chi connectivity index (χ4v) is 2.36. The third-order valence-corrected chi connectivity index (χ3v) is 3.69. The minimum absolute atomic E-state index is 0.821. The standard InChI is InChI=1S/C24H25N/c1-3-10-21(2)18-20-25-19-9-5-6-11-22-14-16-24(17-15-22)23-12-7-4-8-13-23/h3-4,7-8,10,12-18,20H,5,9,19H2,1-2H3/b10-3-,21-18-,25-20?. The normalized spacial score (nSPS) is 11.7. The first kappa shape index (κ1) is 18.5. The number of aliphatic imine (C=N–C) groups is 1. The van der Waals surface area contributed by atoms with Gasteiger partial charge in [-0.1, -0.05) is 66.5 Å². The number of hydrogen-bond donors (Lipinski definition) is 0. The molecule has 0 aliphatic carbocycles. The van der Waals surface area contributed by atoms with E-state index in [1.807, 2.05) is 31.4 Å². The van der Waals surface area contributed by atoms with Crippen molar-refractivity contribution in [2.45, 2.75) is 26.7 Å². The lowest BCUT2D eigenvalue weighted by molar-refractivity contribution is 0.874. The van der Waals surface area contributed by atoms with Crippen LogP contribution in [0.25, 0.3) is 11.1 Å². The highest BCUT2D eigenvalue weighted by Gasteiger charge is 1.95. The topological polar surface area (TPSA) is 12.4 Å². The first-order valence-electron chi connectivity index (χ1n) is 8.73. The quantitative estimate of drug-likeness (QED) is 0.264. The molecule has 0 fully saturated rings. The highest BCUT2D eigenvalue weighted by atomic mass is 14.7. The number of benzene rings is 2. The van der Waals surface area contributed by atoms with E-state index in [1.54, 1.807) is 0 Å². The van der Waals surface area contributed by atoms with Gasteiger partial charge in [0.05, 0.1) is 0 Å². The van der Waals surface area contributed by atoms with E-state index in [9.17, 15) is 0 Å². The lowest BCUT2D eigenvalue weighted by Gasteiger charge is -2.00. The number of rotatable bonds is 6. The Morgan fingerprint density at radius 3 is 2.44 bits per heavy atom. The van der Waals surface area contributed by atoms with E-state index in [4.69, 9.17) is 0 Å². The monoisotopic (exact) mass is 327 g/mol. The van der Waals surface area contributed by atoms with Crippen LogP contribution in [-0.4, -0.2) is 12.8 Å². The summed E-state index contributed by atoms with van der Waals surface area (Å²) < 4.78 is 0. The molecule has 0 atom stereocenters. The average Bonchev–Trinajstić information content (AvgIpc) is 2.65. The van der Waals surface area contributed by atoms with Crippen LogP contribution in [0.1, 0.15) is 32.3 Å². The van der Waals surface area contributed by atoms with Gasteiger partial charge in [-0.3, -0.25) is 4.99 Å². The fraction of sp³-hybridized carbons (Fsp3) is 0.208. The van der Waals surface area contributed by atoms with Crippen molar-refractivity contribution in [1.29, 1.82) is 0 Å². The summed E-state index contributed by atoms with van der Waals surface area (Å²) in [5.41, 5.74) is 4.73. The molecule has 2 rings (SSSR count). The Morgan fingerprint density at radius 2 is 1.72 bits per heavy atom. The molecular formula is C24H25N. The van der Waals surface area contributed by atoms with Gasteiger partial charge in [0.25, 0.3) is 0 Å². The van der Waals surface area contributed by atoms with Crippen molar-refractivity contribution in [2.24, 2.45) is 4.99 Å². The molecule has 0 aliphatic heterocycles. The third kappa shape index (κ3) is 7.06. The van der Waals surface area contributed by atoms with E-state index in [1.165, 1.54) is 16.7 Å². The Kier molecular flexibility index (Phi) is 8.01. The first-order chi connectivity index (χ1) is 12.3. The Bertz CT molecular complexity index is 781. The second-order valence-electron chi connectivity index (χ2n) is 5.81. The molecular weight excluding hydrogens is 302 g/mol. The minimum atomic E-state index is 0.821. The second kappa shape index (κ2) is 10.8. The summed E-state index contributed by atoms with van der Waals surface area (Å²) in [6.07, 6.45) is 9.87. The van der Waals surface area contributed by atoms with Crippen LogP contribution in [0.15, 0.2) is 83.4 Å². The number of allylic oxidation sites excluding steroid dienone is 4. The molecule has 0 heterocycles. The number of unbranched alkanes of at least 4 members (excludes halogenated alkanes) is 1. The van der Waals surface area contributed by atoms with E-state index in [-0.39, 0.29) is 0 Å². The van der Waals surface area contributed by atoms with Crippen LogP contribution in [0.3, 0.4) is 0 Å². The molecule has 0 radical (unpaired) electrons. The predicted molar refractivity (Wildman–Crippen MR) is 110 cm³/mol. The molecule has 0 saturated heterocycles. The van der Waals surface area contributed by atoms with Crippen molar-refractivity contribution in [1.82, 2.24) is 0 Å². The van der Waals surface area contributed by atoms with Crippen molar-refractivity contribution in [3.8, 4) is 23.0 Å². The molecule has 2 aromatic carbocycles. The molecule has 0 aromatic heterocycles. The summed E-state index contributed by atoms with van der Waals surface area (Å²) >= 11 is 0. The SMILES string of the molecule is C/C=C\C(C)=C/C=NCCCC#Cc1ccc(-c2ccccc2)cc1. The predicted octanol–water partition coefficient (Wildman–Crippen LogP) is 6.08. The van der Waals surface area contributed by atoms with Crippen molar-refractivity contribution in [2.75, 3.05) is 6.54 Å². The van der Waals surface area contributed by atoms with Crippen molar-refractivity contribution < 1.29 is 0 Å².